The molecule has 3 N–H and O–H groups in total. The highest BCUT2D eigenvalue weighted by Gasteiger charge is 2.37. The summed E-state index contributed by atoms with van der Waals surface area (Å²) in [6.45, 7) is 8.34. The van der Waals surface area contributed by atoms with Crippen LogP contribution in [0.15, 0.2) is 18.3 Å². The molecule has 3 aliphatic rings. The van der Waals surface area contributed by atoms with E-state index in [1.54, 1.807) is 0 Å². The van der Waals surface area contributed by atoms with Crippen molar-refractivity contribution in [3.05, 3.63) is 24.0 Å². The van der Waals surface area contributed by atoms with Crippen molar-refractivity contribution in [1.82, 2.24) is 25.5 Å². The summed E-state index contributed by atoms with van der Waals surface area (Å²) in [6.07, 6.45) is 4.36. The van der Waals surface area contributed by atoms with Gasteiger partial charge >= 0.3 is 0 Å². The molecule has 0 bridgehead atoms. The molecule has 2 aromatic rings. The number of H-pyrrole nitrogens is 1. The molecule has 0 amide bonds. The molecule has 134 valence electrons. The first-order valence-corrected chi connectivity index (χ1v) is 9.46. The van der Waals surface area contributed by atoms with Crippen molar-refractivity contribution in [2.24, 2.45) is 11.8 Å². The molecule has 5 rings (SSSR count). The van der Waals surface area contributed by atoms with Crippen molar-refractivity contribution in [2.75, 3.05) is 36.4 Å². The van der Waals surface area contributed by atoms with Gasteiger partial charge in [-0.05, 0) is 30.7 Å². The van der Waals surface area contributed by atoms with E-state index in [0.29, 0.717) is 5.92 Å². The second-order valence-corrected chi connectivity index (χ2v) is 6.93. The van der Waals surface area contributed by atoms with Crippen LogP contribution in [0.1, 0.15) is 38.3 Å². The molecular weight excluding hydrogens is 314 g/mol. The molecule has 7 heteroatoms. The van der Waals surface area contributed by atoms with Gasteiger partial charge in [-0.3, -0.25) is 5.10 Å². The number of aromatic amines is 1. The quantitative estimate of drug-likeness (QED) is 0.793. The van der Waals surface area contributed by atoms with E-state index < -0.39 is 0 Å². The SMILES string of the molecule is CC.c1cc(Nc2cc(C3CC3)[nH]n2)nc(N2CC3CNC[C@@H]3C2)n1. The second-order valence-electron chi connectivity index (χ2n) is 6.93. The van der Waals surface area contributed by atoms with Gasteiger partial charge in [0.05, 0.1) is 0 Å². The Hall–Kier alpha value is -2.15. The van der Waals surface area contributed by atoms with Crippen molar-refractivity contribution < 1.29 is 0 Å². The van der Waals surface area contributed by atoms with Gasteiger partial charge in [0.25, 0.3) is 0 Å². The van der Waals surface area contributed by atoms with Gasteiger partial charge in [0.1, 0.15) is 5.82 Å². The molecule has 0 aromatic carbocycles. The van der Waals surface area contributed by atoms with Gasteiger partial charge in [-0.25, -0.2) is 4.98 Å². The lowest BCUT2D eigenvalue weighted by Gasteiger charge is -2.17. The summed E-state index contributed by atoms with van der Waals surface area (Å²) < 4.78 is 0. The summed E-state index contributed by atoms with van der Waals surface area (Å²) in [5.41, 5.74) is 1.22. The fraction of sp³-hybridized carbons (Fsp3) is 0.611. The predicted octanol–water partition coefficient (Wildman–Crippen LogP) is 2.50. The summed E-state index contributed by atoms with van der Waals surface area (Å²) >= 11 is 0. The molecule has 1 saturated carbocycles. The molecule has 1 aliphatic carbocycles. The van der Waals surface area contributed by atoms with Crippen molar-refractivity contribution >= 4 is 17.6 Å². The maximum absolute atomic E-state index is 4.68. The maximum atomic E-state index is 4.68. The fourth-order valence-electron chi connectivity index (χ4n) is 3.72. The van der Waals surface area contributed by atoms with Gasteiger partial charge in [-0.2, -0.15) is 10.1 Å². The molecule has 7 nitrogen and oxygen atoms in total. The van der Waals surface area contributed by atoms with Crippen LogP contribution in [-0.4, -0.2) is 46.3 Å². The summed E-state index contributed by atoms with van der Waals surface area (Å²) in [7, 11) is 0. The van der Waals surface area contributed by atoms with Gasteiger partial charge in [0.2, 0.25) is 5.95 Å². The lowest BCUT2D eigenvalue weighted by Crippen LogP contribution is -2.27. The highest BCUT2D eigenvalue weighted by molar-refractivity contribution is 5.54. The van der Waals surface area contributed by atoms with E-state index >= 15 is 0 Å². The van der Waals surface area contributed by atoms with Gasteiger partial charge in [-0.15, -0.1) is 0 Å². The van der Waals surface area contributed by atoms with Gasteiger partial charge in [-0.1, -0.05) is 13.8 Å². The Bertz CT molecular complexity index is 697. The number of rotatable bonds is 4. The highest BCUT2D eigenvalue weighted by atomic mass is 15.3. The number of anilines is 3. The fourth-order valence-corrected chi connectivity index (χ4v) is 3.72. The van der Waals surface area contributed by atoms with E-state index in [9.17, 15) is 0 Å². The number of aromatic nitrogens is 4. The van der Waals surface area contributed by atoms with Crippen molar-refractivity contribution in [3.63, 3.8) is 0 Å². The highest BCUT2D eigenvalue weighted by Crippen LogP contribution is 2.39. The van der Waals surface area contributed by atoms with Gasteiger partial charge in [0, 0.05) is 50.1 Å². The zero-order valence-corrected chi connectivity index (χ0v) is 15.0. The minimum atomic E-state index is 0.677. The topological polar surface area (TPSA) is 81.8 Å². The molecular formula is C18H27N7. The summed E-state index contributed by atoms with van der Waals surface area (Å²) in [5, 5.41) is 14.2. The third-order valence-electron chi connectivity index (χ3n) is 5.19. The molecule has 2 atom stereocenters. The normalized spacial score (nSPS) is 24.6. The van der Waals surface area contributed by atoms with Gasteiger partial charge < -0.3 is 15.5 Å². The Kier molecular flexibility index (Phi) is 4.57. The van der Waals surface area contributed by atoms with Crippen molar-refractivity contribution in [2.45, 2.75) is 32.6 Å². The Labute approximate surface area is 148 Å². The van der Waals surface area contributed by atoms with E-state index in [1.807, 2.05) is 26.1 Å². The Morgan fingerprint density at radius 2 is 1.88 bits per heavy atom. The first-order chi connectivity index (χ1) is 12.3. The minimum Gasteiger partial charge on any atom is -0.340 e. The lowest BCUT2D eigenvalue weighted by molar-refractivity contribution is 0.533. The van der Waals surface area contributed by atoms with Crippen LogP contribution < -0.4 is 15.5 Å². The van der Waals surface area contributed by atoms with E-state index in [-0.39, 0.29) is 0 Å². The number of hydrogen-bond donors (Lipinski definition) is 3. The van der Waals surface area contributed by atoms with Gasteiger partial charge in [0.15, 0.2) is 5.82 Å². The van der Waals surface area contributed by atoms with E-state index in [0.717, 1.165) is 55.6 Å². The smallest absolute Gasteiger partial charge is 0.227 e. The third-order valence-corrected chi connectivity index (χ3v) is 5.19. The molecule has 0 radical (unpaired) electrons. The average molecular weight is 341 g/mol. The largest absolute Gasteiger partial charge is 0.340 e. The molecule has 25 heavy (non-hydrogen) atoms. The molecule has 0 spiro atoms. The number of nitrogens with zero attached hydrogens (tertiary/aromatic N) is 4. The predicted molar refractivity (Wildman–Crippen MR) is 99.3 cm³/mol. The lowest BCUT2D eigenvalue weighted by atomic mass is 10.0. The second kappa shape index (κ2) is 7.00. The minimum absolute atomic E-state index is 0.677. The molecule has 2 aromatic heterocycles. The molecule has 2 saturated heterocycles. The van der Waals surface area contributed by atoms with Crippen LogP contribution in [0.25, 0.3) is 0 Å². The standard InChI is InChI=1S/C16H21N7.C2H6/c1-2-10(1)13-5-15(22-21-13)19-14-3-4-18-16(20-14)23-8-11-6-17-7-12(11)9-23;1-2/h3-5,10-12,17H,1-2,6-9H2,(H2,18,19,20,21,22);1-2H3/t11-,12?;/m1./s1. The van der Waals surface area contributed by atoms with E-state index in [2.05, 4.69) is 41.8 Å². The monoisotopic (exact) mass is 341 g/mol. The molecule has 1 unspecified atom stereocenters. The zero-order valence-electron chi connectivity index (χ0n) is 15.0. The van der Waals surface area contributed by atoms with Crippen LogP contribution in [-0.2, 0) is 0 Å². The van der Waals surface area contributed by atoms with Crippen LogP contribution in [0.5, 0.6) is 0 Å². The Balaban J connectivity index is 0.000000758. The first kappa shape index (κ1) is 16.3. The summed E-state index contributed by atoms with van der Waals surface area (Å²) in [5.74, 6) is 4.61. The van der Waals surface area contributed by atoms with Crippen molar-refractivity contribution in [1.29, 1.82) is 0 Å². The summed E-state index contributed by atoms with van der Waals surface area (Å²) in [6, 6.07) is 3.98. The Morgan fingerprint density at radius 1 is 1.12 bits per heavy atom. The Morgan fingerprint density at radius 3 is 2.60 bits per heavy atom. The third kappa shape index (κ3) is 3.46. The van der Waals surface area contributed by atoms with Crippen LogP contribution >= 0.6 is 0 Å². The van der Waals surface area contributed by atoms with Crippen LogP contribution in [0.3, 0.4) is 0 Å². The maximum Gasteiger partial charge on any atom is 0.227 e. The average Bonchev–Trinajstić information content (AvgIpc) is 3.04. The zero-order chi connectivity index (χ0) is 17.2. The first-order valence-electron chi connectivity index (χ1n) is 9.46. The van der Waals surface area contributed by atoms with Crippen molar-refractivity contribution in [3.8, 4) is 0 Å². The number of hydrogen-bond acceptors (Lipinski definition) is 6. The molecule has 4 heterocycles. The molecule has 2 aliphatic heterocycles. The number of nitrogens with one attached hydrogen (secondary N) is 3. The summed E-state index contributed by atoms with van der Waals surface area (Å²) in [4.78, 5) is 11.4. The number of fused-ring (bicyclic) bond motifs is 1. The van der Waals surface area contributed by atoms with Crippen LogP contribution in [0.4, 0.5) is 17.6 Å². The van der Waals surface area contributed by atoms with Crippen LogP contribution in [0.2, 0.25) is 0 Å². The van der Waals surface area contributed by atoms with E-state index in [4.69, 9.17) is 0 Å². The molecule has 3 fully saturated rings. The van der Waals surface area contributed by atoms with Crippen LogP contribution in [0, 0.1) is 11.8 Å². The van der Waals surface area contributed by atoms with E-state index in [1.165, 1.54) is 18.5 Å².